The first-order valence-corrected chi connectivity index (χ1v) is 4.15. The normalized spacial score (nSPS) is 11.5. The highest BCUT2D eigenvalue weighted by atomic mass is 35.5. The highest BCUT2D eigenvalue weighted by molar-refractivity contribution is 6.48. The van der Waals surface area contributed by atoms with E-state index in [9.17, 15) is 0 Å². The van der Waals surface area contributed by atoms with Crippen LogP contribution in [-0.2, 0) is 4.33 Å². The van der Waals surface area contributed by atoms with Crippen molar-refractivity contribution in [3.63, 3.8) is 0 Å². The predicted octanol–water partition coefficient (Wildman–Crippen LogP) is 3.54. The molecule has 1 rings (SSSR count). The Morgan fingerprint density at radius 2 is 1.73 bits per heavy atom. The van der Waals surface area contributed by atoms with Crippen LogP contribution in [0.4, 0.5) is 0 Å². The van der Waals surface area contributed by atoms with Crippen LogP contribution in [0.5, 0.6) is 0 Å². The van der Waals surface area contributed by atoms with E-state index in [-0.39, 0.29) is 0 Å². The Bertz CT molecular complexity index is 216. The van der Waals surface area contributed by atoms with Gasteiger partial charge in [0.05, 0.1) is 0 Å². The highest BCUT2D eigenvalue weighted by Gasteiger charge is 2.22. The fourth-order valence-corrected chi connectivity index (χ4v) is 1.08. The van der Waals surface area contributed by atoms with E-state index in [4.69, 9.17) is 23.2 Å². The molecule has 0 bridgehead atoms. The Morgan fingerprint density at radius 3 is 2.18 bits per heavy atom. The van der Waals surface area contributed by atoms with Gasteiger partial charge in [-0.25, -0.2) is 0 Å². The van der Waals surface area contributed by atoms with Crippen molar-refractivity contribution in [1.82, 2.24) is 0 Å². The van der Waals surface area contributed by atoms with Crippen molar-refractivity contribution >= 4 is 23.2 Å². The van der Waals surface area contributed by atoms with Crippen LogP contribution in [0.15, 0.2) is 30.3 Å². The molecule has 0 unspecified atom stereocenters. The van der Waals surface area contributed by atoms with Crippen molar-refractivity contribution in [2.45, 2.75) is 10.8 Å². The minimum Gasteiger partial charge on any atom is -0.0963 e. The molecule has 0 fully saturated rings. The molecule has 59 valence electrons. The third-order valence-electron chi connectivity index (χ3n) is 1.51. The fraction of sp³-hybridized carbons (Fsp3) is 0.222. The maximum Gasteiger partial charge on any atom is 0.143 e. The van der Waals surface area contributed by atoms with Crippen molar-refractivity contribution in [2.24, 2.45) is 0 Å². The average molecular weight is 188 g/mol. The summed E-state index contributed by atoms with van der Waals surface area (Å²) < 4.78 is -0.832. The molecule has 0 aliphatic carbocycles. The smallest absolute Gasteiger partial charge is 0.0963 e. The summed E-state index contributed by atoms with van der Waals surface area (Å²) in [5.74, 6) is 0. The molecule has 0 N–H and O–H groups in total. The summed E-state index contributed by atoms with van der Waals surface area (Å²) in [6.07, 6.45) is 0.472. The lowest BCUT2D eigenvalue weighted by atomic mass is 10.1. The van der Waals surface area contributed by atoms with E-state index in [0.717, 1.165) is 5.56 Å². The number of alkyl halides is 2. The minimum absolute atomic E-state index is 0.472. The zero-order chi connectivity index (χ0) is 8.32. The van der Waals surface area contributed by atoms with E-state index in [1.165, 1.54) is 0 Å². The summed E-state index contributed by atoms with van der Waals surface area (Å²) in [5.41, 5.74) is 0.901. The molecule has 0 aliphatic rings. The lowest BCUT2D eigenvalue weighted by molar-refractivity contribution is 0.863. The third kappa shape index (κ3) is 2.11. The van der Waals surface area contributed by atoms with Crippen LogP contribution in [0.3, 0.4) is 0 Å². The molecule has 0 amide bonds. The molecular weight excluding hydrogens is 179 g/mol. The van der Waals surface area contributed by atoms with Crippen molar-refractivity contribution < 1.29 is 0 Å². The molecule has 0 spiro atoms. The Balaban J connectivity index is 2.93. The first kappa shape index (κ1) is 8.89. The Labute approximate surface area is 77.1 Å². The van der Waals surface area contributed by atoms with E-state index in [0.29, 0.717) is 6.42 Å². The Morgan fingerprint density at radius 1 is 1.18 bits per heavy atom. The maximum atomic E-state index is 5.95. The van der Waals surface area contributed by atoms with Gasteiger partial charge in [0.2, 0.25) is 0 Å². The summed E-state index contributed by atoms with van der Waals surface area (Å²) in [7, 11) is 0. The predicted molar refractivity (Wildman–Crippen MR) is 49.8 cm³/mol. The van der Waals surface area contributed by atoms with E-state index in [1.807, 2.05) is 30.3 Å². The van der Waals surface area contributed by atoms with Crippen LogP contribution in [0, 0.1) is 6.92 Å². The number of hydrogen-bond donors (Lipinski definition) is 0. The van der Waals surface area contributed by atoms with Gasteiger partial charge in [-0.15, -0.1) is 0 Å². The van der Waals surface area contributed by atoms with E-state index in [2.05, 4.69) is 6.92 Å². The molecule has 2 heteroatoms. The van der Waals surface area contributed by atoms with Crippen molar-refractivity contribution in [3.05, 3.63) is 42.8 Å². The first-order chi connectivity index (χ1) is 5.17. The lowest BCUT2D eigenvalue weighted by Gasteiger charge is -2.16. The molecule has 0 saturated carbocycles. The van der Waals surface area contributed by atoms with Gasteiger partial charge in [-0.2, -0.15) is 0 Å². The maximum absolute atomic E-state index is 5.95. The van der Waals surface area contributed by atoms with Gasteiger partial charge < -0.3 is 0 Å². The second kappa shape index (κ2) is 3.46. The van der Waals surface area contributed by atoms with Crippen LogP contribution in [0.2, 0.25) is 0 Å². The second-order valence-corrected chi connectivity index (χ2v) is 3.80. The number of rotatable bonds is 2. The summed E-state index contributed by atoms with van der Waals surface area (Å²) in [6.45, 7) is 3.67. The second-order valence-electron chi connectivity index (χ2n) is 2.32. The molecule has 0 nitrogen and oxygen atoms in total. The van der Waals surface area contributed by atoms with Crippen molar-refractivity contribution in [2.75, 3.05) is 0 Å². The molecule has 1 aromatic carbocycles. The highest BCUT2D eigenvalue weighted by Crippen LogP contribution is 2.36. The molecule has 1 radical (unpaired) electrons. The zero-order valence-electron chi connectivity index (χ0n) is 6.06. The summed E-state index contributed by atoms with van der Waals surface area (Å²) in [5, 5.41) is 0. The first-order valence-electron chi connectivity index (χ1n) is 3.39. The van der Waals surface area contributed by atoms with Gasteiger partial charge in [-0.3, -0.25) is 0 Å². The minimum atomic E-state index is -0.832. The monoisotopic (exact) mass is 187 g/mol. The van der Waals surface area contributed by atoms with Crippen LogP contribution in [0.1, 0.15) is 12.0 Å². The quantitative estimate of drug-likeness (QED) is 0.622. The summed E-state index contributed by atoms with van der Waals surface area (Å²) in [6, 6.07) is 9.53. The average Bonchev–Trinajstić information content (AvgIpc) is 2.06. The molecule has 0 heterocycles. The van der Waals surface area contributed by atoms with Crippen LogP contribution in [0.25, 0.3) is 0 Å². The summed E-state index contributed by atoms with van der Waals surface area (Å²) in [4.78, 5) is 0. The van der Waals surface area contributed by atoms with Crippen molar-refractivity contribution in [3.8, 4) is 0 Å². The van der Waals surface area contributed by atoms with E-state index >= 15 is 0 Å². The van der Waals surface area contributed by atoms with Gasteiger partial charge in [0.1, 0.15) is 4.33 Å². The fourth-order valence-electron chi connectivity index (χ4n) is 0.826. The molecule has 11 heavy (non-hydrogen) atoms. The molecule has 0 saturated heterocycles. The number of halogens is 2. The van der Waals surface area contributed by atoms with Gasteiger partial charge >= 0.3 is 0 Å². The molecular formula is C9H9Cl2. The van der Waals surface area contributed by atoms with Crippen LogP contribution >= 0.6 is 23.2 Å². The van der Waals surface area contributed by atoms with E-state index in [1.54, 1.807) is 0 Å². The standard InChI is InChI=1S/C9H9Cl2/c1-2-9(10,11)8-6-4-3-5-7-8/h3-7H,1-2H2. The topological polar surface area (TPSA) is 0 Å². The van der Waals surface area contributed by atoms with E-state index < -0.39 is 4.33 Å². The molecule has 0 atom stereocenters. The van der Waals surface area contributed by atoms with Gasteiger partial charge in [0.15, 0.2) is 0 Å². The van der Waals surface area contributed by atoms with Gasteiger partial charge in [0.25, 0.3) is 0 Å². The molecule has 0 aliphatic heterocycles. The SMILES string of the molecule is [CH2]CC(Cl)(Cl)c1ccccc1. The van der Waals surface area contributed by atoms with Crippen LogP contribution < -0.4 is 0 Å². The summed E-state index contributed by atoms with van der Waals surface area (Å²) >= 11 is 11.9. The molecule has 1 aromatic rings. The number of hydrogen-bond acceptors (Lipinski definition) is 0. The largest absolute Gasteiger partial charge is 0.143 e. The van der Waals surface area contributed by atoms with Gasteiger partial charge in [-0.05, 0) is 18.9 Å². The van der Waals surface area contributed by atoms with Crippen molar-refractivity contribution in [1.29, 1.82) is 0 Å². The zero-order valence-corrected chi connectivity index (χ0v) is 7.57. The van der Waals surface area contributed by atoms with Crippen LogP contribution in [-0.4, -0.2) is 0 Å². The molecule has 0 aromatic heterocycles. The Hall–Kier alpha value is -0.200. The Kier molecular flexibility index (Phi) is 2.80. The van der Waals surface area contributed by atoms with Gasteiger partial charge in [-0.1, -0.05) is 53.5 Å². The third-order valence-corrected chi connectivity index (χ3v) is 2.32. The lowest BCUT2D eigenvalue weighted by Crippen LogP contribution is -2.07. The van der Waals surface area contributed by atoms with Gasteiger partial charge in [0, 0.05) is 0 Å². The number of benzene rings is 1.